The average Bonchev–Trinajstić information content (AvgIpc) is 3.33. The van der Waals surface area contributed by atoms with Crippen molar-refractivity contribution in [2.75, 3.05) is 13.7 Å². The zero-order valence-corrected chi connectivity index (χ0v) is 14.8. The maximum atomic E-state index is 5.96. The first-order valence-corrected chi connectivity index (χ1v) is 8.91. The van der Waals surface area contributed by atoms with Gasteiger partial charge >= 0.3 is 0 Å². The maximum absolute atomic E-state index is 5.96. The average molecular weight is 354 g/mol. The van der Waals surface area contributed by atoms with Crippen molar-refractivity contribution in [3.63, 3.8) is 0 Å². The van der Waals surface area contributed by atoms with Crippen LogP contribution in [0.1, 0.15) is 42.8 Å². The lowest BCUT2D eigenvalue weighted by atomic mass is 10.1. The van der Waals surface area contributed by atoms with E-state index in [0.717, 1.165) is 31.0 Å². The summed E-state index contributed by atoms with van der Waals surface area (Å²) in [6.07, 6.45) is 5.16. The number of aromatic nitrogens is 3. The van der Waals surface area contributed by atoms with Crippen LogP contribution in [0.4, 0.5) is 0 Å². The van der Waals surface area contributed by atoms with Crippen LogP contribution in [0.2, 0.25) is 0 Å². The van der Waals surface area contributed by atoms with Gasteiger partial charge in [0.25, 0.3) is 0 Å². The predicted molar refractivity (Wildman–Crippen MR) is 94.0 cm³/mol. The van der Waals surface area contributed by atoms with E-state index in [1.807, 2.05) is 37.4 Å². The minimum absolute atomic E-state index is 0.0969. The second-order valence-corrected chi connectivity index (χ2v) is 6.56. The van der Waals surface area contributed by atoms with Gasteiger partial charge in [-0.15, -0.1) is 0 Å². The molecule has 0 unspecified atom stereocenters. The first kappa shape index (κ1) is 16.9. The highest BCUT2D eigenvalue weighted by Gasteiger charge is 2.20. The molecule has 0 radical (unpaired) electrons. The Balaban J connectivity index is 1.35. The summed E-state index contributed by atoms with van der Waals surface area (Å²) in [6, 6.07) is 9.64. The summed E-state index contributed by atoms with van der Waals surface area (Å²) < 4.78 is 17.1. The van der Waals surface area contributed by atoms with E-state index in [0.29, 0.717) is 30.5 Å². The Morgan fingerprint density at radius 3 is 2.92 bits per heavy atom. The number of hydrogen-bond acceptors (Lipinski definition) is 7. The largest absolute Gasteiger partial charge is 0.462 e. The van der Waals surface area contributed by atoms with Crippen LogP contribution in [0.25, 0.3) is 11.5 Å². The smallest absolute Gasteiger partial charge is 0.241 e. The van der Waals surface area contributed by atoms with Crippen molar-refractivity contribution in [2.24, 2.45) is 0 Å². The fourth-order valence-electron chi connectivity index (χ4n) is 3.09. The standard InChI is InChI=1S/C19H22N4O3/c1-23(12-14-8-9-17(25-14)16-7-3-5-11-24-16)13-18-21-19(22-26-18)15-6-2-4-10-20-15/h2,4,6,8-10,16H,3,5,7,11-13H2,1H3/t16-/m0/s1. The molecule has 3 aromatic heterocycles. The molecular formula is C19H22N4O3. The first-order chi connectivity index (χ1) is 12.8. The lowest BCUT2D eigenvalue weighted by Gasteiger charge is -2.20. The number of furan rings is 1. The summed E-state index contributed by atoms with van der Waals surface area (Å²) in [6.45, 7) is 2.01. The summed E-state index contributed by atoms with van der Waals surface area (Å²) in [5.74, 6) is 2.88. The number of ether oxygens (including phenoxy) is 1. The highest BCUT2D eigenvalue weighted by atomic mass is 16.5. The van der Waals surface area contributed by atoms with E-state index in [9.17, 15) is 0 Å². The molecule has 4 rings (SSSR count). The van der Waals surface area contributed by atoms with E-state index in [-0.39, 0.29) is 6.10 Å². The SMILES string of the molecule is CN(Cc1ccc([C@@H]2CCCCO2)o1)Cc1nc(-c2ccccn2)no1. The van der Waals surface area contributed by atoms with Crippen molar-refractivity contribution in [1.82, 2.24) is 20.0 Å². The van der Waals surface area contributed by atoms with E-state index in [1.54, 1.807) is 6.20 Å². The third-order valence-electron chi connectivity index (χ3n) is 4.37. The lowest BCUT2D eigenvalue weighted by molar-refractivity contribution is 0.000881. The summed E-state index contributed by atoms with van der Waals surface area (Å²) in [7, 11) is 1.99. The molecule has 4 heterocycles. The Bertz CT molecular complexity index is 824. The Morgan fingerprint density at radius 2 is 2.12 bits per heavy atom. The molecule has 1 aliphatic rings. The molecule has 3 aromatic rings. The molecule has 1 saturated heterocycles. The van der Waals surface area contributed by atoms with E-state index < -0.39 is 0 Å². The summed E-state index contributed by atoms with van der Waals surface area (Å²) in [4.78, 5) is 10.7. The van der Waals surface area contributed by atoms with Gasteiger partial charge in [-0.2, -0.15) is 4.98 Å². The van der Waals surface area contributed by atoms with Crippen LogP contribution in [0, 0.1) is 0 Å². The summed E-state index contributed by atoms with van der Waals surface area (Å²) in [5.41, 5.74) is 0.702. The van der Waals surface area contributed by atoms with Gasteiger partial charge in [-0.05, 0) is 50.6 Å². The second-order valence-electron chi connectivity index (χ2n) is 6.56. The van der Waals surface area contributed by atoms with Gasteiger partial charge in [-0.1, -0.05) is 11.2 Å². The molecule has 7 heteroatoms. The molecule has 7 nitrogen and oxygen atoms in total. The van der Waals surface area contributed by atoms with Crippen LogP contribution in [0.3, 0.4) is 0 Å². The zero-order chi connectivity index (χ0) is 17.8. The monoisotopic (exact) mass is 354 g/mol. The highest BCUT2D eigenvalue weighted by molar-refractivity contribution is 5.46. The van der Waals surface area contributed by atoms with Crippen LogP contribution in [-0.2, 0) is 17.8 Å². The van der Waals surface area contributed by atoms with Gasteiger partial charge in [0, 0.05) is 12.8 Å². The minimum atomic E-state index is 0.0969. The highest BCUT2D eigenvalue weighted by Crippen LogP contribution is 2.29. The molecule has 1 atom stereocenters. The molecule has 26 heavy (non-hydrogen) atoms. The van der Waals surface area contributed by atoms with Crippen molar-refractivity contribution >= 4 is 0 Å². The van der Waals surface area contributed by atoms with Crippen molar-refractivity contribution in [2.45, 2.75) is 38.5 Å². The van der Waals surface area contributed by atoms with Gasteiger partial charge in [0.2, 0.25) is 11.7 Å². The number of pyridine rings is 1. The lowest BCUT2D eigenvalue weighted by Crippen LogP contribution is -2.17. The Labute approximate surface area is 152 Å². The van der Waals surface area contributed by atoms with Crippen molar-refractivity contribution in [3.05, 3.63) is 53.9 Å². The van der Waals surface area contributed by atoms with E-state index in [2.05, 4.69) is 20.0 Å². The third kappa shape index (κ3) is 4.00. The van der Waals surface area contributed by atoms with Gasteiger partial charge in [0.15, 0.2) is 0 Å². The Kier molecular flexibility index (Phi) is 5.08. The molecule has 0 spiro atoms. The van der Waals surface area contributed by atoms with Crippen molar-refractivity contribution in [3.8, 4) is 11.5 Å². The third-order valence-corrected chi connectivity index (χ3v) is 4.37. The second kappa shape index (κ2) is 7.80. The molecule has 0 amide bonds. The predicted octanol–water partition coefficient (Wildman–Crippen LogP) is 3.60. The van der Waals surface area contributed by atoms with Crippen LogP contribution in [0.15, 0.2) is 45.5 Å². The molecule has 1 aliphatic heterocycles. The van der Waals surface area contributed by atoms with E-state index >= 15 is 0 Å². The van der Waals surface area contributed by atoms with Gasteiger partial charge in [0.05, 0.1) is 13.1 Å². The molecule has 0 N–H and O–H groups in total. The zero-order valence-electron chi connectivity index (χ0n) is 14.8. The van der Waals surface area contributed by atoms with Crippen LogP contribution in [-0.4, -0.2) is 33.7 Å². The molecule has 0 bridgehead atoms. The molecule has 0 saturated carbocycles. The topological polar surface area (TPSA) is 77.4 Å². The van der Waals surface area contributed by atoms with Crippen molar-refractivity contribution < 1.29 is 13.7 Å². The first-order valence-electron chi connectivity index (χ1n) is 8.91. The maximum Gasteiger partial charge on any atom is 0.241 e. The van der Waals surface area contributed by atoms with Gasteiger partial charge in [-0.25, -0.2) is 0 Å². The fourth-order valence-corrected chi connectivity index (χ4v) is 3.09. The minimum Gasteiger partial charge on any atom is -0.462 e. The van der Waals surface area contributed by atoms with Crippen LogP contribution in [0.5, 0.6) is 0 Å². The fraction of sp³-hybridized carbons (Fsp3) is 0.421. The molecule has 0 aliphatic carbocycles. The van der Waals surface area contributed by atoms with Crippen LogP contribution < -0.4 is 0 Å². The van der Waals surface area contributed by atoms with Crippen molar-refractivity contribution in [1.29, 1.82) is 0 Å². The molecule has 0 aromatic carbocycles. The number of nitrogens with zero attached hydrogens (tertiary/aromatic N) is 4. The molecule has 1 fully saturated rings. The van der Waals surface area contributed by atoms with E-state index in [1.165, 1.54) is 6.42 Å². The van der Waals surface area contributed by atoms with E-state index in [4.69, 9.17) is 13.7 Å². The Hall–Kier alpha value is -2.51. The number of hydrogen-bond donors (Lipinski definition) is 0. The molecule has 136 valence electrons. The summed E-state index contributed by atoms with van der Waals surface area (Å²) >= 11 is 0. The Morgan fingerprint density at radius 1 is 1.15 bits per heavy atom. The van der Waals surface area contributed by atoms with Gasteiger partial charge in [0.1, 0.15) is 23.3 Å². The normalized spacial score (nSPS) is 17.7. The van der Waals surface area contributed by atoms with Crippen LogP contribution >= 0.6 is 0 Å². The van der Waals surface area contributed by atoms with Gasteiger partial charge in [-0.3, -0.25) is 9.88 Å². The number of rotatable bonds is 6. The summed E-state index contributed by atoms with van der Waals surface area (Å²) in [5, 5.41) is 4.00. The molecular weight excluding hydrogens is 332 g/mol. The van der Waals surface area contributed by atoms with Gasteiger partial charge < -0.3 is 13.7 Å². The quantitative estimate of drug-likeness (QED) is 0.669.